The molecule has 0 spiro atoms. The second-order valence-corrected chi connectivity index (χ2v) is 36.6. The summed E-state index contributed by atoms with van der Waals surface area (Å²) in [4.78, 5) is 73.3. The molecule has 0 saturated carbocycles. The molecule has 0 aliphatic rings. The predicted octanol–water partition coefficient (Wildman–Crippen LogP) is 28.2. The van der Waals surface area contributed by atoms with Crippen molar-refractivity contribution in [3.05, 3.63) is 0 Å². The summed E-state index contributed by atoms with van der Waals surface area (Å²) in [6.07, 6.45) is 76.6. The van der Waals surface area contributed by atoms with E-state index in [9.17, 15) is 43.2 Å². The van der Waals surface area contributed by atoms with Crippen molar-refractivity contribution in [3.8, 4) is 0 Å². The Labute approximate surface area is 677 Å². The van der Waals surface area contributed by atoms with Crippen LogP contribution in [0.3, 0.4) is 0 Å². The monoisotopic (exact) mass is 1610 g/mol. The lowest BCUT2D eigenvalue weighted by molar-refractivity contribution is -0.161. The number of aliphatic hydroxyl groups excluding tert-OH is 1. The summed E-state index contributed by atoms with van der Waals surface area (Å²) >= 11 is 0. The highest BCUT2D eigenvalue weighted by Crippen LogP contribution is 2.45. The topological polar surface area (TPSA) is 237 Å². The van der Waals surface area contributed by atoms with Gasteiger partial charge in [-0.25, -0.2) is 9.13 Å². The van der Waals surface area contributed by atoms with Crippen LogP contribution in [0.4, 0.5) is 0 Å². The number of carbonyl (C=O) groups excluding carboxylic acids is 4. The molecular formula is C91H178O17P2. The van der Waals surface area contributed by atoms with Crippen LogP contribution in [0.25, 0.3) is 0 Å². The van der Waals surface area contributed by atoms with Gasteiger partial charge < -0.3 is 33.8 Å². The maximum atomic E-state index is 13.2. The quantitative estimate of drug-likeness (QED) is 0.0222. The first-order valence-corrected chi connectivity index (χ1v) is 50.0. The van der Waals surface area contributed by atoms with E-state index in [-0.39, 0.29) is 25.7 Å². The zero-order valence-corrected chi connectivity index (χ0v) is 74.4. The molecule has 0 aromatic rings. The molecule has 0 aliphatic carbocycles. The van der Waals surface area contributed by atoms with Gasteiger partial charge in [-0.05, 0) is 37.5 Å². The Balaban J connectivity index is 5.19. The van der Waals surface area contributed by atoms with Crippen molar-refractivity contribution in [3.63, 3.8) is 0 Å². The number of hydrogen-bond acceptors (Lipinski definition) is 15. The minimum atomic E-state index is -4.97. The summed E-state index contributed by atoms with van der Waals surface area (Å²) in [5.41, 5.74) is 0. The van der Waals surface area contributed by atoms with Crippen molar-refractivity contribution >= 4 is 39.5 Å². The number of ether oxygens (including phenoxy) is 4. The van der Waals surface area contributed by atoms with E-state index < -0.39 is 97.5 Å². The van der Waals surface area contributed by atoms with E-state index in [2.05, 4.69) is 41.5 Å². The lowest BCUT2D eigenvalue weighted by atomic mass is 10.0. The Bertz CT molecular complexity index is 2100. The molecule has 0 amide bonds. The van der Waals surface area contributed by atoms with Crippen molar-refractivity contribution in [2.45, 2.75) is 509 Å². The smallest absolute Gasteiger partial charge is 0.462 e. The van der Waals surface area contributed by atoms with E-state index in [0.717, 1.165) is 102 Å². The SMILES string of the molecule is CCCCCCCCCCCCCCCCCCCCCC(=O)O[C@H](COC(=O)CCCCCCCCCCC)COP(=O)(O)OC[C@H](O)COP(=O)(O)OC[C@@H](COC(=O)CCCCCCCCCCCCCCCCCCCCC(C)C)OC(=O)CCCCCCCCCCCCCCCCCCCCC(C)C. The molecule has 0 heterocycles. The van der Waals surface area contributed by atoms with Gasteiger partial charge in [0, 0.05) is 25.7 Å². The van der Waals surface area contributed by atoms with Crippen LogP contribution in [0, 0.1) is 11.8 Å². The van der Waals surface area contributed by atoms with E-state index >= 15 is 0 Å². The largest absolute Gasteiger partial charge is 0.472 e. The summed E-state index contributed by atoms with van der Waals surface area (Å²) in [7, 11) is -9.93. The number of rotatable bonds is 90. The summed E-state index contributed by atoms with van der Waals surface area (Å²) in [6.45, 7) is 9.76. The third kappa shape index (κ3) is 84.0. The highest BCUT2D eigenvalue weighted by molar-refractivity contribution is 7.47. The fourth-order valence-electron chi connectivity index (χ4n) is 14.3. The first-order chi connectivity index (χ1) is 53.4. The number of phosphoric ester groups is 2. The molecule has 0 bridgehead atoms. The van der Waals surface area contributed by atoms with Crippen LogP contribution in [0.2, 0.25) is 0 Å². The lowest BCUT2D eigenvalue weighted by Crippen LogP contribution is -2.30. The summed E-state index contributed by atoms with van der Waals surface area (Å²) < 4.78 is 69.0. The first-order valence-electron chi connectivity index (χ1n) is 47.0. The average molecular weight is 1610 g/mol. The van der Waals surface area contributed by atoms with E-state index in [4.69, 9.17) is 37.0 Å². The first kappa shape index (κ1) is 108. The fourth-order valence-corrected chi connectivity index (χ4v) is 15.9. The predicted molar refractivity (Wildman–Crippen MR) is 455 cm³/mol. The highest BCUT2D eigenvalue weighted by Gasteiger charge is 2.31. The zero-order chi connectivity index (χ0) is 80.6. The van der Waals surface area contributed by atoms with Gasteiger partial charge in [0.25, 0.3) is 0 Å². The normalized spacial score (nSPS) is 13.7. The Morgan fingerprint density at radius 2 is 0.418 bits per heavy atom. The molecule has 17 nitrogen and oxygen atoms in total. The second-order valence-electron chi connectivity index (χ2n) is 33.6. The lowest BCUT2D eigenvalue weighted by Gasteiger charge is -2.21. The van der Waals surface area contributed by atoms with Gasteiger partial charge in [-0.1, -0.05) is 440 Å². The van der Waals surface area contributed by atoms with Crippen molar-refractivity contribution in [2.24, 2.45) is 11.8 Å². The molecule has 654 valence electrons. The van der Waals surface area contributed by atoms with Gasteiger partial charge in [-0.2, -0.15) is 0 Å². The maximum Gasteiger partial charge on any atom is 0.472 e. The molecule has 110 heavy (non-hydrogen) atoms. The molecule has 5 atom stereocenters. The summed E-state index contributed by atoms with van der Waals surface area (Å²) in [5, 5.41) is 10.7. The summed E-state index contributed by atoms with van der Waals surface area (Å²) in [5.74, 6) is -0.454. The van der Waals surface area contributed by atoms with Crippen LogP contribution in [-0.2, 0) is 65.4 Å². The van der Waals surface area contributed by atoms with Crippen LogP contribution in [0.1, 0.15) is 491 Å². The molecule has 2 unspecified atom stereocenters. The Hall–Kier alpha value is -1.94. The second kappa shape index (κ2) is 82.2. The fraction of sp³-hybridized carbons (Fsp3) is 0.956. The van der Waals surface area contributed by atoms with E-state index in [1.165, 1.54) is 308 Å². The Morgan fingerprint density at radius 1 is 0.245 bits per heavy atom. The van der Waals surface area contributed by atoms with Crippen LogP contribution in [0.5, 0.6) is 0 Å². The van der Waals surface area contributed by atoms with Gasteiger partial charge in [-0.15, -0.1) is 0 Å². The third-order valence-electron chi connectivity index (χ3n) is 21.5. The van der Waals surface area contributed by atoms with E-state index in [1.54, 1.807) is 0 Å². The van der Waals surface area contributed by atoms with Crippen LogP contribution in [0.15, 0.2) is 0 Å². The van der Waals surface area contributed by atoms with Gasteiger partial charge >= 0.3 is 39.5 Å². The van der Waals surface area contributed by atoms with E-state index in [1.807, 2.05) is 0 Å². The number of unbranched alkanes of at least 4 members (excludes halogenated alkanes) is 60. The molecule has 0 aliphatic heterocycles. The van der Waals surface area contributed by atoms with Crippen LogP contribution < -0.4 is 0 Å². The number of carbonyl (C=O) groups is 4. The molecule has 0 radical (unpaired) electrons. The minimum absolute atomic E-state index is 0.109. The molecule has 3 N–H and O–H groups in total. The van der Waals surface area contributed by atoms with Gasteiger partial charge in [0.2, 0.25) is 0 Å². The van der Waals surface area contributed by atoms with E-state index in [0.29, 0.717) is 25.7 Å². The Kier molecular flexibility index (Phi) is 80.7. The number of hydrogen-bond donors (Lipinski definition) is 3. The van der Waals surface area contributed by atoms with Crippen molar-refractivity contribution < 1.29 is 80.2 Å². The van der Waals surface area contributed by atoms with Gasteiger partial charge in [0.15, 0.2) is 12.2 Å². The van der Waals surface area contributed by atoms with Crippen molar-refractivity contribution in [2.75, 3.05) is 39.6 Å². The molecule has 0 saturated heterocycles. The molecule has 19 heteroatoms. The molecule has 0 rings (SSSR count). The number of aliphatic hydroxyl groups is 1. The van der Waals surface area contributed by atoms with Crippen molar-refractivity contribution in [1.29, 1.82) is 0 Å². The van der Waals surface area contributed by atoms with Crippen LogP contribution in [-0.4, -0.2) is 96.7 Å². The Morgan fingerprint density at radius 3 is 0.618 bits per heavy atom. The molecular weight excluding hydrogens is 1430 g/mol. The zero-order valence-electron chi connectivity index (χ0n) is 72.6. The van der Waals surface area contributed by atoms with Crippen molar-refractivity contribution in [1.82, 2.24) is 0 Å². The summed E-state index contributed by atoms with van der Waals surface area (Å²) in [6, 6.07) is 0. The minimum Gasteiger partial charge on any atom is -0.462 e. The molecule has 0 aromatic carbocycles. The standard InChI is InChI=1S/C91H178O17P2/c1-7-9-11-13-15-17-18-19-20-21-22-30-35-40-45-51-57-63-69-75-90(95)107-86(79-101-88(93)73-67-61-55-47-16-14-12-10-8-2)81-105-109(97,98)103-77-85(92)78-104-110(99,100)106-82-87(108-91(96)76-70-64-58-52-46-41-36-31-26-24-28-33-38-43-49-54-60-66-72-84(5)6)80-102-89(94)74-68-62-56-50-44-39-34-29-25-23-27-32-37-42-48-53-59-65-71-83(3)4/h83-87,92H,7-82H2,1-6H3,(H,97,98)(H,99,100)/t85-,86+,87+/m0/s1. The third-order valence-corrected chi connectivity index (χ3v) is 23.4. The maximum absolute atomic E-state index is 13.2. The van der Waals surface area contributed by atoms with Crippen LogP contribution >= 0.6 is 15.6 Å². The van der Waals surface area contributed by atoms with Gasteiger partial charge in [0.05, 0.1) is 26.4 Å². The van der Waals surface area contributed by atoms with Gasteiger partial charge in [0.1, 0.15) is 19.3 Å². The number of phosphoric acid groups is 2. The highest BCUT2D eigenvalue weighted by atomic mass is 31.2. The molecule has 0 fully saturated rings. The number of esters is 4. The molecule has 0 aromatic heterocycles. The van der Waals surface area contributed by atoms with Gasteiger partial charge in [-0.3, -0.25) is 37.3 Å². The average Bonchev–Trinajstić information content (AvgIpc) is 0.898.